The Kier molecular flexibility index (Phi) is 15.0. The molecule has 0 aromatic carbocycles. The van der Waals surface area contributed by atoms with Crippen molar-refractivity contribution in [2.24, 2.45) is 5.73 Å². The number of carboxylic acid groups (broad SMARTS) is 1. The molecule has 3 N–H and O–H groups in total. The third-order valence-electron chi connectivity index (χ3n) is 0.275. The predicted molar refractivity (Wildman–Crippen MR) is 56.0 cm³/mol. The second-order valence-electron chi connectivity index (χ2n) is 2.17. The van der Waals surface area contributed by atoms with Crippen molar-refractivity contribution in [1.82, 2.24) is 4.90 Å². The van der Waals surface area contributed by atoms with Crippen LogP contribution in [-0.4, -0.2) is 37.1 Å². The van der Waals surface area contributed by atoms with Gasteiger partial charge >= 0.3 is 5.97 Å². The minimum absolute atomic E-state index is 0. The average Bonchev–Trinajstić information content (AvgIpc) is 1.63. The van der Waals surface area contributed by atoms with Gasteiger partial charge in [-0.25, -0.2) is 4.79 Å². The van der Waals surface area contributed by atoms with E-state index in [1.807, 2.05) is 26.0 Å². The monoisotopic (exact) mass is 274 g/mol. The normalized spacial score (nSPS) is 7.27. The smallest absolute Gasteiger partial charge is 0.351 e. The lowest BCUT2D eigenvalue weighted by Crippen LogP contribution is -2.06. The van der Waals surface area contributed by atoms with E-state index in [0.717, 1.165) is 0 Å². The summed E-state index contributed by atoms with van der Waals surface area (Å²) < 4.78 is 0. The first-order valence-electron chi connectivity index (χ1n) is 2.66. The van der Waals surface area contributed by atoms with Gasteiger partial charge in [-0.1, -0.05) is 6.58 Å². The minimum atomic E-state index is -1.16. The van der Waals surface area contributed by atoms with Gasteiger partial charge in [0.05, 0.1) is 0 Å². The molecule has 0 atom stereocenters. The maximum absolute atomic E-state index is 9.47. The van der Waals surface area contributed by atoms with Gasteiger partial charge in [-0.2, -0.15) is 0 Å². The molecule has 0 aliphatic rings. The van der Waals surface area contributed by atoms with Gasteiger partial charge in [0.15, 0.2) is 0 Å². The summed E-state index contributed by atoms with van der Waals surface area (Å²) in [6, 6.07) is 0. The highest BCUT2D eigenvalue weighted by Crippen LogP contribution is 1.69. The van der Waals surface area contributed by atoms with Crippen LogP contribution in [-0.2, 0) is 4.79 Å². The van der Waals surface area contributed by atoms with E-state index in [2.05, 4.69) is 12.3 Å². The number of hydrogen-bond donors (Lipinski definition) is 2. The SMILES string of the molecule is C=C(N)C(=O)O.CN(C)C.I. The largest absolute Gasteiger partial charge is 0.477 e. The van der Waals surface area contributed by atoms with Gasteiger partial charge in [-0.3, -0.25) is 0 Å². The summed E-state index contributed by atoms with van der Waals surface area (Å²) in [7, 11) is 6.00. The van der Waals surface area contributed by atoms with Crippen molar-refractivity contribution >= 4 is 29.9 Å². The maximum Gasteiger partial charge on any atom is 0.351 e. The van der Waals surface area contributed by atoms with Crippen molar-refractivity contribution in [2.45, 2.75) is 0 Å². The second-order valence-corrected chi connectivity index (χ2v) is 2.17. The third kappa shape index (κ3) is 42.0. The molecule has 5 heteroatoms. The van der Waals surface area contributed by atoms with Crippen LogP contribution in [0.2, 0.25) is 0 Å². The van der Waals surface area contributed by atoms with Crippen molar-refractivity contribution in [1.29, 1.82) is 0 Å². The van der Waals surface area contributed by atoms with Gasteiger partial charge in [0.1, 0.15) is 5.70 Å². The molecule has 0 aromatic heterocycles. The molecule has 0 fully saturated rings. The number of carbonyl (C=O) groups is 1. The molecular weight excluding hydrogens is 259 g/mol. The topological polar surface area (TPSA) is 66.6 Å². The van der Waals surface area contributed by atoms with E-state index in [-0.39, 0.29) is 29.7 Å². The van der Waals surface area contributed by atoms with Crippen LogP contribution in [0.4, 0.5) is 0 Å². The van der Waals surface area contributed by atoms with Crippen LogP contribution in [0, 0.1) is 0 Å². The minimum Gasteiger partial charge on any atom is -0.477 e. The third-order valence-corrected chi connectivity index (χ3v) is 0.275. The van der Waals surface area contributed by atoms with Crippen LogP contribution >= 0.6 is 24.0 Å². The molecule has 0 rings (SSSR count). The highest BCUT2D eigenvalue weighted by Gasteiger charge is 1.91. The molecule has 0 amide bonds. The summed E-state index contributed by atoms with van der Waals surface area (Å²) in [6.07, 6.45) is 0. The van der Waals surface area contributed by atoms with Gasteiger partial charge in [0.2, 0.25) is 0 Å². The van der Waals surface area contributed by atoms with E-state index < -0.39 is 5.97 Å². The Morgan fingerprint density at radius 2 is 1.55 bits per heavy atom. The summed E-state index contributed by atoms with van der Waals surface area (Å²) in [5.74, 6) is -1.16. The van der Waals surface area contributed by atoms with Gasteiger partial charge in [-0.15, -0.1) is 24.0 Å². The Hall–Kier alpha value is -0.300. The Bertz CT molecular complexity index is 111. The molecule has 0 aliphatic heterocycles. The molecule has 11 heavy (non-hydrogen) atoms. The zero-order valence-electron chi connectivity index (χ0n) is 7.00. The maximum atomic E-state index is 9.47. The van der Waals surface area contributed by atoms with E-state index >= 15 is 0 Å². The van der Waals surface area contributed by atoms with Gasteiger partial charge in [0, 0.05) is 0 Å². The molecule has 0 aromatic rings. The molecule has 0 saturated heterocycles. The molecule has 0 spiro atoms. The van der Waals surface area contributed by atoms with Crippen LogP contribution in [0.5, 0.6) is 0 Å². The molecule has 4 nitrogen and oxygen atoms in total. The van der Waals surface area contributed by atoms with Crippen LogP contribution < -0.4 is 5.73 Å². The average molecular weight is 274 g/mol. The van der Waals surface area contributed by atoms with Crippen molar-refractivity contribution in [3.05, 3.63) is 12.3 Å². The Balaban J connectivity index is -0.000000114. The van der Waals surface area contributed by atoms with Gasteiger partial charge < -0.3 is 15.7 Å². The lowest BCUT2D eigenvalue weighted by molar-refractivity contribution is -0.132. The standard InChI is InChI=1S/C3H5NO2.C3H9N.HI/c1-2(4)3(5)6;1-4(2)3;/h1,4H2,(H,5,6);1-3H3;1H. The molecule has 0 saturated carbocycles. The molecule has 0 heterocycles. The fraction of sp³-hybridized carbons (Fsp3) is 0.500. The second kappa shape index (κ2) is 9.70. The van der Waals surface area contributed by atoms with Gasteiger partial charge in [-0.05, 0) is 21.1 Å². The van der Waals surface area contributed by atoms with Crippen molar-refractivity contribution in [2.75, 3.05) is 21.1 Å². The summed E-state index contributed by atoms with van der Waals surface area (Å²) in [6.45, 7) is 2.93. The first kappa shape index (κ1) is 17.0. The molecule has 0 aliphatic carbocycles. The first-order valence-corrected chi connectivity index (χ1v) is 2.66. The fourth-order valence-electron chi connectivity index (χ4n) is 0. The fourth-order valence-corrected chi connectivity index (χ4v) is 0. The summed E-state index contributed by atoms with van der Waals surface area (Å²) in [4.78, 5) is 11.5. The Morgan fingerprint density at radius 3 is 1.55 bits per heavy atom. The van der Waals surface area contributed by atoms with Crippen molar-refractivity contribution in [3.8, 4) is 0 Å². The Labute approximate surface area is 84.1 Å². The number of aliphatic carboxylic acids is 1. The van der Waals surface area contributed by atoms with Gasteiger partial charge in [0.25, 0.3) is 0 Å². The molecule has 0 radical (unpaired) electrons. The van der Waals surface area contributed by atoms with Crippen molar-refractivity contribution < 1.29 is 9.90 Å². The van der Waals surface area contributed by atoms with E-state index in [1.54, 1.807) is 0 Å². The zero-order chi connectivity index (χ0) is 8.73. The van der Waals surface area contributed by atoms with Crippen LogP contribution in [0.25, 0.3) is 0 Å². The zero-order valence-corrected chi connectivity index (χ0v) is 9.33. The highest BCUT2D eigenvalue weighted by atomic mass is 127. The molecule has 0 unspecified atom stereocenters. The van der Waals surface area contributed by atoms with E-state index in [1.165, 1.54) is 0 Å². The number of carboxylic acids is 1. The van der Waals surface area contributed by atoms with E-state index in [4.69, 9.17) is 5.11 Å². The number of nitrogens with zero attached hydrogens (tertiary/aromatic N) is 1. The van der Waals surface area contributed by atoms with Crippen LogP contribution in [0.3, 0.4) is 0 Å². The quantitative estimate of drug-likeness (QED) is 0.534. The van der Waals surface area contributed by atoms with E-state index in [9.17, 15) is 4.79 Å². The van der Waals surface area contributed by atoms with Crippen LogP contribution in [0.1, 0.15) is 0 Å². The molecular formula is C6H15IN2O2. The summed E-state index contributed by atoms with van der Waals surface area (Å²) >= 11 is 0. The summed E-state index contributed by atoms with van der Waals surface area (Å²) in [5, 5.41) is 7.77. The lowest BCUT2D eigenvalue weighted by atomic mass is 10.5. The summed E-state index contributed by atoms with van der Waals surface area (Å²) in [5.41, 5.74) is 4.32. The number of nitrogens with two attached hydrogens (primary N) is 1. The number of halogens is 1. The number of rotatable bonds is 1. The van der Waals surface area contributed by atoms with Crippen molar-refractivity contribution in [3.63, 3.8) is 0 Å². The number of hydrogen-bond acceptors (Lipinski definition) is 3. The lowest BCUT2D eigenvalue weighted by Gasteiger charge is -1.90. The van der Waals surface area contributed by atoms with E-state index in [0.29, 0.717) is 0 Å². The predicted octanol–water partition coefficient (Wildman–Crippen LogP) is 0.339. The Morgan fingerprint density at radius 1 is 1.45 bits per heavy atom. The molecule has 0 bridgehead atoms. The first-order chi connectivity index (χ1) is 4.37. The molecule has 68 valence electrons. The highest BCUT2D eigenvalue weighted by molar-refractivity contribution is 14.0. The van der Waals surface area contributed by atoms with Crippen LogP contribution in [0.15, 0.2) is 12.3 Å².